The number of aromatic nitrogens is 2. The summed E-state index contributed by atoms with van der Waals surface area (Å²) in [6, 6.07) is 8.30. The maximum atomic E-state index is 6.45. The van der Waals surface area contributed by atoms with Crippen LogP contribution in [-0.2, 0) is 12.8 Å². The molecule has 0 spiro atoms. The fraction of sp³-hybridized carbons (Fsp3) is 0.529. The highest BCUT2D eigenvalue weighted by Crippen LogP contribution is 2.28. The van der Waals surface area contributed by atoms with Gasteiger partial charge in [0.1, 0.15) is 0 Å². The number of aryl methyl sites for hydroxylation is 1. The quantitative estimate of drug-likeness (QED) is 0.937. The zero-order valence-electron chi connectivity index (χ0n) is 12.6. The van der Waals surface area contributed by atoms with E-state index in [-0.39, 0.29) is 5.54 Å². The normalized spacial score (nSPS) is 17.8. The molecular weight excluding hydrogens is 262 g/mol. The van der Waals surface area contributed by atoms with Crippen molar-refractivity contribution in [2.24, 2.45) is 5.73 Å². The Kier molecular flexibility index (Phi) is 4.06. The summed E-state index contributed by atoms with van der Waals surface area (Å²) < 4.78 is 5.40. The maximum Gasteiger partial charge on any atom is 0.228 e. The first-order valence-corrected chi connectivity index (χ1v) is 7.79. The number of hydrogen-bond donors (Lipinski definition) is 1. The Bertz CT molecular complexity index is 600. The van der Waals surface area contributed by atoms with E-state index in [0.29, 0.717) is 18.7 Å². The second kappa shape index (κ2) is 5.98. The fourth-order valence-electron chi connectivity index (χ4n) is 3.15. The molecule has 3 rings (SSSR count). The highest BCUT2D eigenvalue weighted by atomic mass is 16.5. The average Bonchev–Trinajstić information content (AvgIpc) is 2.89. The minimum atomic E-state index is -0.148. The van der Waals surface area contributed by atoms with Crippen molar-refractivity contribution in [3.8, 4) is 0 Å². The van der Waals surface area contributed by atoms with Crippen LogP contribution in [0.2, 0.25) is 0 Å². The minimum Gasteiger partial charge on any atom is -0.339 e. The maximum absolute atomic E-state index is 6.45. The SMILES string of the molecule is Cc1ccccc1Cc1noc(CC2(N)CCCCC2)n1. The molecule has 2 N–H and O–H groups in total. The third-order valence-corrected chi connectivity index (χ3v) is 4.47. The molecule has 1 aliphatic rings. The van der Waals surface area contributed by atoms with E-state index in [9.17, 15) is 0 Å². The van der Waals surface area contributed by atoms with Crippen molar-refractivity contribution in [3.05, 3.63) is 47.1 Å². The molecule has 2 aromatic rings. The molecule has 1 heterocycles. The zero-order chi connectivity index (χ0) is 14.7. The van der Waals surface area contributed by atoms with Gasteiger partial charge in [-0.25, -0.2) is 0 Å². The van der Waals surface area contributed by atoms with E-state index >= 15 is 0 Å². The predicted octanol–water partition coefficient (Wildman–Crippen LogP) is 3.17. The van der Waals surface area contributed by atoms with E-state index in [4.69, 9.17) is 10.3 Å². The highest BCUT2D eigenvalue weighted by Gasteiger charge is 2.29. The van der Waals surface area contributed by atoms with Gasteiger partial charge in [-0.3, -0.25) is 0 Å². The van der Waals surface area contributed by atoms with Gasteiger partial charge < -0.3 is 10.3 Å². The van der Waals surface area contributed by atoms with E-state index in [0.717, 1.165) is 18.7 Å². The summed E-state index contributed by atoms with van der Waals surface area (Å²) in [5.41, 5.74) is 8.80. The van der Waals surface area contributed by atoms with Crippen LogP contribution in [0.3, 0.4) is 0 Å². The molecule has 112 valence electrons. The molecule has 0 unspecified atom stereocenters. The van der Waals surface area contributed by atoms with Gasteiger partial charge in [-0.1, -0.05) is 48.7 Å². The number of rotatable bonds is 4. The van der Waals surface area contributed by atoms with Crippen LogP contribution < -0.4 is 5.73 Å². The van der Waals surface area contributed by atoms with Crippen molar-refractivity contribution >= 4 is 0 Å². The molecule has 1 fully saturated rings. The topological polar surface area (TPSA) is 64.9 Å². The van der Waals surface area contributed by atoms with E-state index in [2.05, 4.69) is 29.2 Å². The van der Waals surface area contributed by atoms with Crippen LogP contribution in [0.25, 0.3) is 0 Å². The average molecular weight is 285 g/mol. The third kappa shape index (κ3) is 3.50. The Morgan fingerprint density at radius 3 is 2.71 bits per heavy atom. The standard InChI is InChI=1S/C17H23N3O/c1-13-7-3-4-8-14(13)11-15-19-16(21-20-15)12-17(18)9-5-2-6-10-17/h3-4,7-8H,2,5-6,9-12,18H2,1H3. The Balaban J connectivity index is 1.67. The molecule has 1 aromatic heterocycles. The van der Waals surface area contributed by atoms with E-state index in [1.165, 1.54) is 30.4 Å². The summed E-state index contributed by atoms with van der Waals surface area (Å²) in [4.78, 5) is 4.53. The zero-order valence-corrected chi connectivity index (χ0v) is 12.6. The molecule has 1 aliphatic carbocycles. The Labute approximate surface area is 125 Å². The fourth-order valence-corrected chi connectivity index (χ4v) is 3.15. The largest absolute Gasteiger partial charge is 0.339 e. The Hall–Kier alpha value is -1.68. The number of hydrogen-bond acceptors (Lipinski definition) is 4. The molecule has 21 heavy (non-hydrogen) atoms. The molecule has 0 aliphatic heterocycles. The Morgan fingerprint density at radius 1 is 1.19 bits per heavy atom. The highest BCUT2D eigenvalue weighted by molar-refractivity contribution is 5.28. The van der Waals surface area contributed by atoms with Gasteiger partial charge in [-0.2, -0.15) is 4.98 Å². The lowest BCUT2D eigenvalue weighted by atomic mass is 9.80. The summed E-state index contributed by atoms with van der Waals surface area (Å²) in [5, 5.41) is 4.11. The molecule has 0 bridgehead atoms. The van der Waals surface area contributed by atoms with Gasteiger partial charge in [0, 0.05) is 18.4 Å². The molecule has 0 amide bonds. The van der Waals surface area contributed by atoms with Crippen molar-refractivity contribution in [3.63, 3.8) is 0 Å². The Morgan fingerprint density at radius 2 is 1.95 bits per heavy atom. The summed E-state index contributed by atoms with van der Waals surface area (Å²) in [6.45, 7) is 2.10. The first-order chi connectivity index (χ1) is 10.1. The van der Waals surface area contributed by atoms with E-state index in [1.807, 2.05) is 12.1 Å². The van der Waals surface area contributed by atoms with Gasteiger partial charge in [-0.05, 0) is 30.9 Å². The van der Waals surface area contributed by atoms with Crippen LogP contribution >= 0.6 is 0 Å². The second-order valence-corrected chi connectivity index (χ2v) is 6.31. The minimum absolute atomic E-state index is 0.148. The van der Waals surface area contributed by atoms with Gasteiger partial charge in [0.25, 0.3) is 0 Å². The van der Waals surface area contributed by atoms with Crippen LogP contribution in [0.1, 0.15) is 54.9 Å². The van der Waals surface area contributed by atoms with Crippen molar-refractivity contribution < 1.29 is 4.52 Å². The predicted molar refractivity (Wildman–Crippen MR) is 82.0 cm³/mol. The number of nitrogens with zero attached hydrogens (tertiary/aromatic N) is 2. The van der Waals surface area contributed by atoms with Crippen molar-refractivity contribution in [2.45, 2.75) is 57.4 Å². The molecule has 0 saturated heterocycles. The third-order valence-electron chi connectivity index (χ3n) is 4.47. The smallest absolute Gasteiger partial charge is 0.228 e. The summed E-state index contributed by atoms with van der Waals surface area (Å²) in [6.07, 6.45) is 7.25. The molecule has 4 nitrogen and oxygen atoms in total. The summed E-state index contributed by atoms with van der Waals surface area (Å²) in [7, 11) is 0. The van der Waals surface area contributed by atoms with Crippen LogP contribution in [0.15, 0.2) is 28.8 Å². The van der Waals surface area contributed by atoms with E-state index in [1.54, 1.807) is 0 Å². The molecule has 0 atom stereocenters. The molecule has 0 radical (unpaired) electrons. The molecular formula is C17H23N3O. The van der Waals surface area contributed by atoms with Crippen molar-refractivity contribution in [2.75, 3.05) is 0 Å². The van der Waals surface area contributed by atoms with Gasteiger partial charge in [-0.15, -0.1) is 0 Å². The van der Waals surface area contributed by atoms with Crippen LogP contribution in [0.4, 0.5) is 0 Å². The lowest BCUT2D eigenvalue weighted by Gasteiger charge is -2.31. The first kappa shape index (κ1) is 14.3. The van der Waals surface area contributed by atoms with Crippen LogP contribution in [0.5, 0.6) is 0 Å². The lowest BCUT2D eigenvalue weighted by molar-refractivity contribution is 0.260. The first-order valence-electron chi connectivity index (χ1n) is 7.79. The molecule has 4 heteroatoms. The van der Waals surface area contributed by atoms with Gasteiger partial charge in [0.2, 0.25) is 5.89 Å². The van der Waals surface area contributed by atoms with Crippen LogP contribution in [0, 0.1) is 6.92 Å². The summed E-state index contributed by atoms with van der Waals surface area (Å²) in [5.74, 6) is 1.43. The van der Waals surface area contributed by atoms with Gasteiger partial charge in [0.05, 0.1) is 0 Å². The number of benzene rings is 1. The molecule has 1 saturated carbocycles. The monoisotopic (exact) mass is 285 g/mol. The van der Waals surface area contributed by atoms with Crippen molar-refractivity contribution in [1.82, 2.24) is 10.1 Å². The summed E-state index contributed by atoms with van der Waals surface area (Å²) >= 11 is 0. The van der Waals surface area contributed by atoms with Gasteiger partial charge >= 0.3 is 0 Å². The second-order valence-electron chi connectivity index (χ2n) is 6.31. The van der Waals surface area contributed by atoms with Crippen molar-refractivity contribution in [1.29, 1.82) is 0 Å². The van der Waals surface area contributed by atoms with Crippen LogP contribution in [-0.4, -0.2) is 15.7 Å². The molecule has 1 aromatic carbocycles. The lowest BCUT2D eigenvalue weighted by Crippen LogP contribution is -2.43. The van der Waals surface area contributed by atoms with E-state index < -0.39 is 0 Å². The van der Waals surface area contributed by atoms with Gasteiger partial charge in [0.15, 0.2) is 5.82 Å². The number of nitrogens with two attached hydrogens (primary N) is 1.